The van der Waals surface area contributed by atoms with Crippen LogP contribution < -0.4 is 0 Å². The van der Waals surface area contributed by atoms with Gasteiger partial charge in [-0.05, 0) is 18.9 Å². The van der Waals surface area contributed by atoms with Gasteiger partial charge in [-0.2, -0.15) is 0 Å². The Morgan fingerprint density at radius 2 is 2.00 bits per heavy atom. The molecule has 64 valence electrons. The van der Waals surface area contributed by atoms with Gasteiger partial charge in [0.15, 0.2) is 0 Å². The maximum absolute atomic E-state index is 5.59. The number of hydrogen-bond acceptors (Lipinski definition) is 1. The molecule has 2 heteroatoms. The lowest BCUT2D eigenvalue weighted by Gasteiger charge is -1.96. The van der Waals surface area contributed by atoms with E-state index in [2.05, 4.69) is 17.1 Å². The van der Waals surface area contributed by atoms with Gasteiger partial charge in [-0.25, -0.2) is 0 Å². The van der Waals surface area contributed by atoms with Gasteiger partial charge in [-0.15, -0.1) is 0 Å². The Balaban J connectivity index is 2.39. The zero-order chi connectivity index (χ0) is 8.81. The van der Waals surface area contributed by atoms with E-state index in [1.54, 1.807) is 6.92 Å². The molecular formula is C10H12ClN. The summed E-state index contributed by atoms with van der Waals surface area (Å²) in [7, 11) is 0. The Bertz CT molecular complexity index is 250. The average Bonchev–Trinajstić information content (AvgIpc) is 2.05. The van der Waals surface area contributed by atoms with Gasteiger partial charge in [0, 0.05) is 6.54 Å². The summed E-state index contributed by atoms with van der Waals surface area (Å²) in [5, 5.41) is 0.630. The van der Waals surface area contributed by atoms with Crippen molar-refractivity contribution in [3.8, 4) is 0 Å². The largest absolute Gasteiger partial charge is 0.278 e. The van der Waals surface area contributed by atoms with Gasteiger partial charge < -0.3 is 0 Å². The minimum atomic E-state index is 0.630. The molecule has 0 heterocycles. The maximum Gasteiger partial charge on any atom is 0.0972 e. The van der Waals surface area contributed by atoms with Crippen LogP contribution in [0, 0.1) is 0 Å². The quantitative estimate of drug-likeness (QED) is 0.636. The van der Waals surface area contributed by atoms with Crippen LogP contribution in [-0.2, 0) is 6.42 Å². The number of benzene rings is 1. The molecule has 0 unspecified atom stereocenters. The van der Waals surface area contributed by atoms with Gasteiger partial charge in [0.25, 0.3) is 0 Å². The van der Waals surface area contributed by atoms with E-state index in [-0.39, 0.29) is 0 Å². The van der Waals surface area contributed by atoms with Crippen LogP contribution in [0.5, 0.6) is 0 Å². The van der Waals surface area contributed by atoms with Gasteiger partial charge in [-0.3, -0.25) is 4.99 Å². The van der Waals surface area contributed by atoms with Crippen LogP contribution in [0.15, 0.2) is 35.3 Å². The molecule has 0 aromatic heterocycles. The number of rotatable bonds is 3. The second-order valence-electron chi connectivity index (χ2n) is 2.61. The molecule has 0 radical (unpaired) electrons. The van der Waals surface area contributed by atoms with Crippen molar-refractivity contribution in [3.63, 3.8) is 0 Å². The molecule has 0 N–H and O–H groups in total. The van der Waals surface area contributed by atoms with Crippen molar-refractivity contribution in [1.29, 1.82) is 0 Å². The summed E-state index contributed by atoms with van der Waals surface area (Å²) in [5.41, 5.74) is 1.30. The molecule has 0 amide bonds. The van der Waals surface area contributed by atoms with E-state index in [1.165, 1.54) is 5.56 Å². The number of hydrogen-bond donors (Lipinski definition) is 0. The first-order chi connectivity index (χ1) is 5.79. The van der Waals surface area contributed by atoms with Crippen molar-refractivity contribution < 1.29 is 0 Å². The number of nitrogens with zero attached hydrogens (tertiary/aromatic N) is 1. The fraction of sp³-hybridized carbons (Fsp3) is 0.300. The van der Waals surface area contributed by atoms with Crippen molar-refractivity contribution in [2.45, 2.75) is 13.3 Å². The molecule has 1 aromatic rings. The van der Waals surface area contributed by atoms with E-state index in [0.29, 0.717) is 5.17 Å². The van der Waals surface area contributed by atoms with Crippen LogP contribution in [0.25, 0.3) is 0 Å². The summed E-state index contributed by atoms with van der Waals surface area (Å²) in [5.74, 6) is 0. The molecule has 1 rings (SSSR count). The van der Waals surface area contributed by atoms with Gasteiger partial charge in [0.1, 0.15) is 0 Å². The highest BCUT2D eigenvalue weighted by Gasteiger charge is 1.89. The minimum absolute atomic E-state index is 0.630. The summed E-state index contributed by atoms with van der Waals surface area (Å²) >= 11 is 5.59. The van der Waals surface area contributed by atoms with E-state index >= 15 is 0 Å². The van der Waals surface area contributed by atoms with Crippen LogP contribution in [0.2, 0.25) is 0 Å². The summed E-state index contributed by atoms with van der Waals surface area (Å²) in [6, 6.07) is 10.3. The molecular weight excluding hydrogens is 170 g/mol. The molecule has 0 aliphatic carbocycles. The topological polar surface area (TPSA) is 12.4 Å². The van der Waals surface area contributed by atoms with Crippen molar-refractivity contribution in [2.24, 2.45) is 4.99 Å². The lowest BCUT2D eigenvalue weighted by atomic mass is 10.2. The first-order valence-corrected chi connectivity index (χ1v) is 4.37. The normalized spacial score (nSPS) is 11.7. The van der Waals surface area contributed by atoms with Crippen LogP contribution in [-0.4, -0.2) is 11.7 Å². The number of halogens is 1. The summed E-state index contributed by atoms with van der Waals surface area (Å²) in [6.07, 6.45) is 0.963. The second kappa shape index (κ2) is 4.94. The van der Waals surface area contributed by atoms with Crippen LogP contribution in [0.3, 0.4) is 0 Å². The van der Waals surface area contributed by atoms with Crippen molar-refractivity contribution in [1.82, 2.24) is 0 Å². The molecule has 0 saturated heterocycles. The monoisotopic (exact) mass is 181 g/mol. The summed E-state index contributed by atoms with van der Waals surface area (Å²) < 4.78 is 0. The zero-order valence-corrected chi connectivity index (χ0v) is 7.88. The minimum Gasteiger partial charge on any atom is -0.278 e. The highest BCUT2D eigenvalue weighted by molar-refractivity contribution is 6.64. The predicted molar refractivity (Wildman–Crippen MR) is 54.0 cm³/mol. The Morgan fingerprint density at radius 3 is 2.58 bits per heavy atom. The molecule has 0 aliphatic heterocycles. The predicted octanol–water partition coefficient (Wildman–Crippen LogP) is 2.89. The fourth-order valence-electron chi connectivity index (χ4n) is 0.984. The third kappa shape index (κ3) is 3.54. The summed E-state index contributed by atoms with van der Waals surface area (Å²) in [4.78, 5) is 4.10. The fourth-order valence-corrected chi connectivity index (χ4v) is 1.07. The van der Waals surface area contributed by atoms with Gasteiger partial charge in [-0.1, -0.05) is 41.9 Å². The van der Waals surface area contributed by atoms with Crippen molar-refractivity contribution in [2.75, 3.05) is 6.54 Å². The molecule has 0 atom stereocenters. The molecule has 0 saturated carbocycles. The molecule has 0 bridgehead atoms. The third-order valence-corrected chi connectivity index (χ3v) is 1.69. The highest BCUT2D eigenvalue weighted by Crippen LogP contribution is 1.99. The standard InChI is InChI=1S/C10H12ClN/c1-9(11)12-8-7-10-5-3-2-4-6-10/h2-6H,7-8H2,1H3. The van der Waals surface area contributed by atoms with Crippen molar-refractivity contribution in [3.05, 3.63) is 35.9 Å². The highest BCUT2D eigenvalue weighted by atomic mass is 35.5. The Morgan fingerprint density at radius 1 is 1.33 bits per heavy atom. The molecule has 0 fully saturated rings. The first-order valence-electron chi connectivity index (χ1n) is 3.99. The number of aliphatic imine (C=N–C) groups is 1. The average molecular weight is 182 g/mol. The maximum atomic E-state index is 5.59. The van der Waals surface area contributed by atoms with E-state index in [4.69, 9.17) is 11.6 Å². The van der Waals surface area contributed by atoms with E-state index in [9.17, 15) is 0 Å². The van der Waals surface area contributed by atoms with Gasteiger partial charge >= 0.3 is 0 Å². The van der Waals surface area contributed by atoms with Gasteiger partial charge in [0.05, 0.1) is 5.17 Å². The molecule has 0 spiro atoms. The van der Waals surface area contributed by atoms with E-state index in [0.717, 1.165) is 13.0 Å². The lowest BCUT2D eigenvalue weighted by molar-refractivity contribution is 0.971. The SMILES string of the molecule is CC(Cl)=NCCc1ccccc1. The molecule has 1 aromatic carbocycles. The zero-order valence-electron chi connectivity index (χ0n) is 7.13. The molecule has 1 nitrogen and oxygen atoms in total. The van der Waals surface area contributed by atoms with E-state index < -0.39 is 0 Å². The van der Waals surface area contributed by atoms with Crippen LogP contribution in [0.4, 0.5) is 0 Å². The summed E-state index contributed by atoms with van der Waals surface area (Å²) in [6.45, 7) is 2.58. The van der Waals surface area contributed by atoms with Crippen LogP contribution in [0.1, 0.15) is 12.5 Å². The smallest absolute Gasteiger partial charge is 0.0972 e. The molecule has 0 aliphatic rings. The lowest BCUT2D eigenvalue weighted by Crippen LogP contribution is -1.90. The van der Waals surface area contributed by atoms with Gasteiger partial charge in [0.2, 0.25) is 0 Å². The Labute approximate surface area is 78.1 Å². The Kier molecular flexibility index (Phi) is 3.81. The molecule has 12 heavy (non-hydrogen) atoms. The van der Waals surface area contributed by atoms with Crippen LogP contribution >= 0.6 is 11.6 Å². The second-order valence-corrected chi connectivity index (χ2v) is 3.16. The third-order valence-electron chi connectivity index (χ3n) is 1.57. The Hall–Kier alpha value is -0.820. The van der Waals surface area contributed by atoms with E-state index in [1.807, 2.05) is 18.2 Å². The van der Waals surface area contributed by atoms with Crippen molar-refractivity contribution >= 4 is 16.8 Å². The first kappa shape index (κ1) is 9.27.